The van der Waals surface area contributed by atoms with Gasteiger partial charge in [0, 0.05) is 34.7 Å². The van der Waals surface area contributed by atoms with Gasteiger partial charge >= 0.3 is 5.97 Å². The molecule has 11 nitrogen and oxygen atoms in total. The van der Waals surface area contributed by atoms with Crippen LogP contribution in [0.5, 0.6) is 17.2 Å². The highest BCUT2D eigenvalue weighted by atomic mass is 16.7. The molecular formula is C34H30O11. The van der Waals surface area contributed by atoms with Crippen LogP contribution >= 0.6 is 0 Å². The first-order chi connectivity index (χ1) is 21.4. The van der Waals surface area contributed by atoms with Crippen LogP contribution in [-0.2, 0) is 16.1 Å². The maximum atomic E-state index is 14.4. The molecule has 45 heavy (non-hydrogen) atoms. The molecule has 6 rings (SSSR count). The van der Waals surface area contributed by atoms with Crippen LogP contribution in [0.2, 0.25) is 0 Å². The van der Waals surface area contributed by atoms with Crippen molar-refractivity contribution >= 4 is 28.3 Å². The average molecular weight is 615 g/mol. The number of hydrogen-bond donors (Lipinski definition) is 5. The minimum Gasteiger partial charge on any atom is -0.507 e. The fourth-order valence-electron chi connectivity index (χ4n) is 5.96. The van der Waals surface area contributed by atoms with Gasteiger partial charge in [0.25, 0.3) is 0 Å². The van der Waals surface area contributed by atoms with Gasteiger partial charge in [-0.1, -0.05) is 36.4 Å². The SMILES string of the molecule is CC(=O)Oc1cc(CO)c2c(c1-c1ccc3ccccc3c1)C(=O)c1cc(O[C@H]3O[C@@H](C)[C@@H](O)[C@@H](O)[C@H]3O)c(C)c(O)c1C2=O. The molecule has 0 bridgehead atoms. The summed E-state index contributed by atoms with van der Waals surface area (Å²) in [6, 6.07) is 15.4. The first kappa shape index (κ1) is 30.4. The smallest absolute Gasteiger partial charge is 0.308 e. The second-order valence-electron chi connectivity index (χ2n) is 11.2. The number of ketones is 2. The average Bonchev–Trinajstić information content (AvgIpc) is 3.02. The lowest BCUT2D eigenvalue weighted by molar-refractivity contribution is -0.268. The Kier molecular flexibility index (Phi) is 7.67. The fraction of sp³-hybridized carbons (Fsp3) is 0.265. The summed E-state index contributed by atoms with van der Waals surface area (Å²) in [6.45, 7) is 3.42. The number of benzene rings is 4. The summed E-state index contributed by atoms with van der Waals surface area (Å²) in [6.07, 6.45) is -7.06. The molecule has 232 valence electrons. The van der Waals surface area contributed by atoms with E-state index in [0.29, 0.717) is 5.56 Å². The predicted octanol–water partition coefficient (Wildman–Crippen LogP) is 2.92. The number of phenols is 1. The Labute approximate surface area is 256 Å². The van der Waals surface area contributed by atoms with E-state index in [0.717, 1.165) is 10.8 Å². The van der Waals surface area contributed by atoms with Crippen molar-refractivity contribution in [2.45, 2.75) is 58.1 Å². The van der Waals surface area contributed by atoms with Crippen LogP contribution in [-0.4, -0.2) is 73.8 Å². The molecule has 0 saturated carbocycles. The van der Waals surface area contributed by atoms with Crippen molar-refractivity contribution in [3.8, 4) is 28.4 Å². The van der Waals surface area contributed by atoms with E-state index < -0.39 is 60.6 Å². The summed E-state index contributed by atoms with van der Waals surface area (Å²) >= 11 is 0. The molecule has 2 aliphatic rings. The summed E-state index contributed by atoms with van der Waals surface area (Å²) in [5.41, 5.74) is -0.168. The molecule has 11 heteroatoms. The lowest BCUT2D eigenvalue weighted by atomic mass is 9.77. The molecule has 5 atom stereocenters. The van der Waals surface area contributed by atoms with Crippen molar-refractivity contribution in [2.75, 3.05) is 0 Å². The van der Waals surface area contributed by atoms with Crippen molar-refractivity contribution in [3.63, 3.8) is 0 Å². The largest absolute Gasteiger partial charge is 0.507 e. The van der Waals surface area contributed by atoms with E-state index in [1.54, 1.807) is 12.1 Å². The number of carbonyl (C=O) groups excluding carboxylic acids is 3. The fourth-order valence-corrected chi connectivity index (χ4v) is 5.96. The molecule has 0 aromatic heterocycles. The van der Waals surface area contributed by atoms with Crippen molar-refractivity contribution in [2.24, 2.45) is 0 Å². The number of aliphatic hydroxyl groups is 4. The zero-order chi connectivity index (χ0) is 32.3. The molecule has 0 unspecified atom stereocenters. The second kappa shape index (κ2) is 11.4. The summed E-state index contributed by atoms with van der Waals surface area (Å²) in [4.78, 5) is 40.7. The number of aliphatic hydroxyl groups excluding tert-OH is 4. The number of esters is 1. The van der Waals surface area contributed by atoms with E-state index >= 15 is 0 Å². The van der Waals surface area contributed by atoms with Crippen molar-refractivity contribution < 1.29 is 54.1 Å². The standard InChI is InChI=1S/C34H30O11/c1-14-22(45-34-33(42)32(41)29(38)15(2)43-34)12-21-26(28(14)37)31(40)25-20(13-35)11-23(44-16(3)36)24(27(25)30(21)39)19-9-8-17-6-4-5-7-18(17)10-19/h4-12,15,29,32-35,37-38,41-42H,13H2,1-3H3/t15-,29+,32+,33+,34+/m0/s1. The Balaban J connectivity index is 1.56. The zero-order valence-electron chi connectivity index (χ0n) is 24.5. The Morgan fingerprint density at radius 2 is 1.56 bits per heavy atom. The molecule has 0 radical (unpaired) electrons. The van der Waals surface area contributed by atoms with Gasteiger partial charge in [-0.05, 0) is 53.9 Å². The number of rotatable bonds is 5. The number of carbonyl (C=O) groups is 3. The third kappa shape index (κ3) is 4.95. The van der Waals surface area contributed by atoms with Gasteiger partial charge in [0.15, 0.2) is 11.6 Å². The van der Waals surface area contributed by atoms with Gasteiger partial charge in [-0.15, -0.1) is 0 Å². The van der Waals surface area contributed by atoms with E-state index in [4.69, 9.17) is 14.2 Å². The summed E-state index contributed by atoms with van der Waals surface area (Å²) in [5.74, 6) is -2.88. The quantitative estimate of drug-likeness (QED) is 0.145. The van der Waals surface area contributed by atoms with Crippen LogP contribution < -0.4 is 9.47 Å². The van der Waals surface area contributed by atoms with E-state index in [-0.39, 0.29) is 50.4 Å². The summed E-state index contributed by atoms with van der Waals surface area (Å²) < 4.78 is 16.9. The molecule has 1 fully saturated rings. The highest BCUT2D eigenvalue weighted by Crippen LogP contribution is 2.47. The third-order valence-corrected chi connectivity index (χ3v) is 8.32. The lowest BCUT2D eigenvalue weighted by Crippen LogP contribution is -2.58. The van der Waals surface area contributed by atoms with Crippen LogP contribution in [0, 0.1) is 6.92 Å². The first-order valence-electron chi connectivity index (χ1n) is 14.2. The Morgan fingerprint density at radius 3 is 2.24 bits per heavy atom. The second-order valence-corrected chi connectivity index (χ2v) is 11.2. The minimum atomic E-state index is -1.68. The first-order valence-corrected chi connectivity index (χ1v) is 14.2. The maximum absolute atomic E-state index is 14.4. The van der Waals surface area contributed by atoms with E-state index in [2.05, 4.69) is 0 Å². The summed E-state index contributed by atoms with van der Waals surface area (Å²) in [7, 11) is 0. The van der Waals surface area contributed by atoms with Gasteiger partial charge in [0.2, 0.25) is 6.29 Å². The molecule has 1 heterocycles. The molecule has 5 N–H and O–H groups in total. The third-order valence-electron chi connectivity index (χ3n) is 8.32. The molecule has 1 saturated heterocycles. The molecule has 4 aromatic carbocycles. The van der Waals surface area contributed by atoms with Crippen LogP contribution in [0.25, 0.3) is 21.9 Å². The Hall–Kier alpha value is -4.65. The number of hydrogen-bond acceptors (Lipinski definition) is 11. The Bertz CT molecular complexity index is 1900. The maximum Gasteiger partial charge on any atom is 0.308 e. The topological polar surface area (TPSA) is 180 Å². The summed E-state index contributed by atoms with van der Waals surface area (Å²) in [5, 5.41) is 54.0. The highest BCUT2D eigenvalue weighted by molar-refractivity contribution is 6.32. The van der Waals surface area contributed by atoms with Gasteiger partial charge in [-0.25, -0.2) is 0 Å². The number of phenolic OH excluding ortho intramolecular Hbond substituents is 1. The van der Waals surface area contributed by atoms with Crippen LogP contribution in [0.3, 0.4) is 0 Å². The van der Waals surface area contributed by atoms with E-state index in [9.17, 15) is 39.9 Å². The zero-order valence-corrected chi connectivity index (χ0v) is 24.5. The molecule has 1 aliphatic heterocycles. The van der Waals surface area contributed by atoms with Crippen molar-refractivity contribution in [1.29, 1.82) is 0 Å². The molecule has 0 amide bonds. The lowest BCUT2D eigenvalue weighted by Gasteiger charge is -2.39. The normalized spacial score (nSPS) is 22.6. The van der Waals surface area contributed by atoms with Gasteiger partial charge in [0.05, 0.1) is 18.3 Å². The van der Waals surface area contributed by atoms with Gasteiger partial charge in [0.1, 0.15) is 35.6 Å². The van der Waals surface area contributed by atoms with Gasteiger partial charge < -0.3 is 39.7 Å². The van der Waals surface area contributed by atoms with E-state index in [1.165, 1.54) is 32.9 Å². The number of aromatic hydroxyl groups is 1. The van der Waals surface area contributed by atoms with E-state index in [1.807, 2.05) is 30.3 Å². The van der Waals surface area contributed by atoms with Gasteiger partial charge in [-0.2, -0.15) is 0 Å². The van der Waals surface area contributed by atoms with Crippen LogP contribution in [0.1, 0.15) is 56.8 Å². The van der Waals surface area contributed by atoms with Gasteiger partial charge in [-0.3, -0.25) is 14.4 Å². The predicted molar refractivity (Wildman–Crippen MR) is 159 cm³/mol. The monoisotopic (exact) mass is 614 g/mol. The van der Waals surface area contributed by atoms with Crippen LogP contribution in [0.15, 0.2) is 54.6 Å². The molecule has 4 aromatic rings. The molecule has 0 spiro atoms. The van der Waals surface area contributed by atoms with Crippen molar-refractivity contribution in [3.05, 3.63) is 88.0 Å². The molecule has 1 aliphatic carbocycles. The number of ether oxygens (including phenoxy) is 3. The molecular weight excluding hydrogens is 584 g/mol. The Morgan fingerprint density at radius 1 is 0.844 bits per heavy atom. The van der Waals surface area contributed by atoms with Crippen molar-refractivity contribution in [1.82, 2.24) is 0 Å². The van der Waals surface area contributed by atoms with Crippen LogP contribution in [0.4, 0.5) is 0 Å². The number of fused-ring (bicyclic) bond motifs is 3. The minimum absolute atomic E-state index is 0.0208. The highest BCUT2D eigenvalue weighted by Gasteiger charge is 2.44.